The summed E-state index contributed by atoms with van der Waals surface area (Å²) in [5, 5.41) is 31.7. The number of aryl methyl sites for hydroxylation is 1. The average Bonchev–Trinajstić information content (AvgIpc) is 2.63. The minimum absolute atomic E-state index is 0. The number of fused-ring (bicyclic) bond motifs is 3. The Hall–Kier alpha value is -2.93. The van der Waals surface area contributed by atoms with Crippen LogP contribution >= 0.6 is 0 Å². The third kappa shape index (κ3) is 2.88. The first-order valence-corrected chi connectivity index (χ1v) is 9.54. The molecule has 0 radical (unpaired) electrons. The van der Waals surface area contributed by atoms with Crippen molar-refractivity contribution in [3.8, 4) is 5.75 Å². The molecular weight excluding hydrogens is 376 g/mol. The lowest BCUT2D eigenvalue weighted by Crippen LogP contribution is -2.44. The molecule has 0 saturated heterocycles. The number of carbonyl (C=O) groups is 3. The molecule has 1 aromatic carbocycles. The number of allylic oxidation sites excluding steroid dienone is 3. The predicted molar refractivity (Wildman–Crippen MR) is 109 cm³/mol. The zero-order valence-corrected chi connectivity index (χ0v) is 16.3. The monoisotopic (exact) mass is 404 g/mol. The molecular formula is C22H28O7. The molecule has 0 spiro atoms. The van der Waals surface area contributed by atoms with E-state index in [0.29, 0.717) is 12.8 Å². The Morgan fingerprint density at radius 2 is 1.86 bits per heavy atom. The van der Waals surface area contributed by atoms with Gasteiger partial charge in [-0.3, -0.25) is 14.4 Å². The fourth-order valence-corrected chi connectivity index (χ4v) is 5.01. The molecule has 158 valence electrons. The van der Waals surface area contributed by atoms with Gasteiger partial charge in [0.05, 0.1) is 17.1 Å². The van der Waals surface area contributed by atoms with Crippen molar-refractivity contribution < 1.29 is 38.0 Å². The number of hydrogen-bond acceptors (Lipinski definition) is 6. The number of ketones is 3. The Bertz CT molecular complexity index is 1010. The van der Waals surface area contributed by atoms with Crippen molar-refractivity contribution in [3.63, 3.8) is 0 Å². The summed E-state index contributed by atoms with van der Waals surface area (Å²) in [6.45, 7) is 3.48. The van der Waals surface area contributed by atoms with E-state index in [2.05, 4.69) is 0 Å². The summed E-state index contributed by atoms with van der Waals surface area (Å²) in [7, 11) is 0. The number of phenols is 1. The quantitative estimate of drug-likeness (QED) is 0.647. The highest BCUT2D eigenvalue weighted by atomic mass is 16.3. The minimum Gasteiger partial charge on any atom is -0.511 e. The number of carbonyl (C=O) groups excluding carboxylic acids is 3. The lowest BCUT2D eigenvalue weighted by molar-refractivity contribution is -0.127. The summed E-state index contributed by atoms with van der Waals surface area (Å²) in [6.07, 6.45) is 1.03. The van der Waals surface area contributed by atoms with Gasteiger partial charge >= 0.3 is 0 Å². The van der Waals surface area contributed by atoms with Crippen LogP contribution in [0.3, 0.4) is 0 Å². The Labute approximate surface area is 170 Å². The molecule has 0 heterocycles. The third-order valence-corrected chi connectivity index (χ3v) is 6.36. The van der Waals surface area contributed by atoms with Crippen molar-refractivity contribution in [1.82, 2.24) is 0 Å². The fourth-order valence-electron chi connectivity index (χ4n) is 5.01. The van der Waals surface area contributed by atoms with Crippen LogP contribution in [0, 0.1) is 24.7 Å². The molecule has 3 atom stereocenters. The highest BCUT2D eigenvalue weighted by Gasteiger charge is 2.50. The standard InChI is InChI=1S/C22H22O6.H2O.2H2/c1-3-13(23)19-15(25)8-11-6-10-7-12-9(2)4-5-14(24)18(12)21(27)16(10)20(26)17(11)22(19)28;;;/h4-5,10-11,17,24,27-28H,3,6-8H2,1-2H3;1H2;2*1H. The number of aliphatic hydroxyl groups excluding tert-OH is 2. The van der Waals surface area contributed by atoms with Gasteiger partial charge in [0.15, 0.2) is 17.3 Å². The van der Waals surface area contributed by atoms with E-state index in [-0.39, 0.29) is 55.3 Å². The number of phenolic OH excluding ortho intramolecular Hbond substituents is 1. The van der Waals surface area contributed by atoms with Crippen molar-refractivity contribution in [1.29, 1.82) is 0 Å². The zero-order valence-electron chi connectivity index (χ0n) is 16.3. The second kappa shape index (κ2) is 7.15. The van der Waals surface area contributed by atoms with E-state index in [1.807, 2.05) is 6.92 Å². The first kappa shape index (κ1) is 20.8. The molecule has 7 nitrogen and oxygen atoms in total. The highest BCUT2D eigenvalue weighted by Crippen LogP contribution is 2.50. The molecule has 1 fully saturated rings. The van der Waals surface area contributed by atoms with E-state index >= 15 is 0 Å². The molecule has 3 aliphatic carbocycles. The minimum atomic E-state index is -0.995. The molecule has 1 aromatic rings. The second-order valence-electron chi connectivity index (χ2n) is 7.92. The zero-order chi connectivity index (χ0) is 20.3. The molecule has 29 heavy (non-hydrogen) atoms. The van der Waals surface area contributed by atoms with Gasteiger partial charge in [-0.25, -0.2) is 0 Å². The SMILES string of the molecule is CCC(=O)C1=C(O)C2C(=O)C3=C(O)c4c(O)ccc(C)c4CC3CC2CC1=O.O.[HH].[HH]. The van der Waals surface area contributed by atoms with Crippen molar-refractivity contribution in [2.45, 2.75) is 39.5 Å². The maximum Gasteiger partial charge on any atom is 0.173 e. The number of aromatic hydroxyl groups is 1. The van der Waals surface area contributed by atoms with Crippen molar-refractivity contribution in [2.75, 3.05) is 0 Å². The Kier molecular flexibility index (Phi) is 5.13. The van der Waals surface area contributed by atoms with Crippen LogP contribution in [0.25, 0.3) is 5.76 Å². The van der Waals surface area contributed by atoms with Gasteiger partial charge in [0.1, 0.15) is 17.3 Å². The number of benzene rings is 1. The van der Waals surface area contributed by atoms with Gasteiger partial charge in [-0.2, -0.15) is 0 Å². The van der Waals surface area contributed by atoms with Gasteiger partial charge in [0, 0.05) is 21.3 Å². The van der Waals surface area contributed by atoms with Gasteiger partial charge in [-0.1, -0.05) is 13.0 Å². The maximum absolute atomic E-state index is 13.3. The topological polar surface area (TPSA) is 143 Å². The van der Waals surface area contributed by atoms with E-state index in [0.717, 1.165) is 11.1 Å². The van der Waals surface area contributed by atoms with Gasteiger partial charge in [-0.05, 0) is 48.8 Å². The molecule has 7 heteroatoms. The summed E-state index contributed by atoms with van der Waals surface area (Å²) in [6, 6.07) is 3.25. The van der Waals surface area contributed by atoms with Crippen LogP contribution in [0.15, 0.2) is 29.0 Å². The molecule has 5 N–H and O–H groups in total. The van der Waals surface area contributed by atoms with Crippen LogP contribution in [-0.4, -0.2) is 38.1 Å². The summed E-state index contributed by atoms with van der Waals surface area (Å²) >= 11 is 0. The van der Waals surface area contributed by atoms with E-state index in [1.165, 1.54) is 6.07 Å². The molecule has 0 aromatic heterocycles. The fraction of sp³-hybridized carbons (Fsp3) is 0.409. The van der Waals surface area contributed by atoms with Crippen molar-refractivity contribution >= 4 is 23.1 Å². The number of aliphatic hydroxyl groups is 2. The summed E-state index contributed by atoms with van der Waals surface area (Å²) in [5.41, 5.74) is 1.87. The Morgan fingerprint density at radius 1 is 1.17 bits per heavy atom. The van der Waals surface area contributed by atoms with Gasteiger partial charge in [0.2, 0.25) is 0 Å². The van der Waals surface area contributed by atoms with Crippen LogP contribution in [0.5, 0.6) is 5.75 Å². The summed E-state index contributed by atoms with van der Waals surface area (Å²) in [4.78, 5) is 37.8. The highest BCUT2D eigenvalue weighted by molar-refractivity contribution is 6.22. The average molecular weight is 404 g/mol. The summed E-state index contributed by atoms with van der Waals surface area (Å²) in [5.74, 6) is -3.85. The molecule has 3 aliphatic rings. The van der Waals surface area contributed by atoms with E-state index in [4.69, 9.17) is 0 Å². The second-order valence-corrected chi connectivity index (χ2v) is 7.92. The number of rotatable bonds is 2. The van der Waals surface area contributed by atoms with Crippen LogP contribution < -0.4 is 0 Å². The molecule has 0 aliphatic heterocycles. The molecule has 0 amide bonds. The first-order chi connectivity index (χ1) is 13.3. The van der Waals surface area contributed by atoms with Crippen LogP contribution in [0.2, 0.25) is 0 Å². The van der Waals surface area contributed by atoms with E-state index < -0.39 is 34.9 Å². The predicted octanol–water partition coefficient (Wildman–Crippen LogP) is 2.78. The number of hydrogen-bond donors (Lipinski definition) is 3. The summed E-state index contributed by atoms with van der Waals surface area (Å²) < 4.78 is 0. The Balaban J connectivity index is 0.00000160. The van der Waals surface area contributed by atoms with Crippen LogP contribution in [0.1, 0.15) is 45.7 Å². The van der Waals surface area contributed by atoms with Crippen LogP contribution in [0.4, 0.5) is 0 Å². The van der Waals surface area contributed by atoms with E-state index in [1.54, 1.807) is 13.0 Å². The number of Topliss-reactive ketones (excluding diaryl/α,β-unsaturated/α-hetero) is 3. The van der Waals surface area contributed by atoms with Gasteiger partial charge < -0.3 is 20.8 Å². The third-order valence-electron chi connectivity index (χ3n) is 6.36. The normalized spacial score (nSPS) is 25.8. The molecule has 1 saturated carbocycles. The van der Waals surface area contributed by atoms with Crippen LogP contribution in [-0.2, 0) is 20.8 Å². The van der Waals surface area contributed by atoms with Gasteiger partial charge in [-0.15, -0.1) is 0 Å². The lowest BCUT2D eigenvalue weighted by Gasteiger charge is -2.41. The van der Waals surface area contributed by atoms with Crippen molar-refractivity contribution in [2.24, 2.45) is 17.8 Å². The Morgan fingerprint density at radius 3 is 2.52 bits per heavy atom. The first-order valence-electron chi connectivity index (χ1n) is 9.54. The van der Waals surface area contributed by atoms with Gasteiger partial charge in [0.25, 0.3) is 0 Å². The van der Waals surface area contributed by atoms with E-state index in [9.17, 15) is 29.7 Å². The maximum atomic E-state index is 13.3. The molecule has 4 rings (SSSR count). The molecule has 3 unspecified atom stereocenters. The smallest absolute Gasteiger partial charge is 0.173 e. The molecule has 0 bridgehead atoms. The largest absolute Gasteiger partial charge is 0.511 e. The van der Waals surface area contributed by atoms with Crippen molar-refractivity contribution in [3.05, 3.63) is 45.7 Å². The lowest BCUT2D eigenvalue weighted by atomic mass is 9.61.